The zero-order chi connectivity index (χ0) is 17.6. The zero-order valence-corrected chi connectivity index (χ0v) is 14.2. The number of carbonyl (C=O) groups excluding carboxylic acids is 2. The molecule has 7 heteroatoms. The van der Waals surface area contributed by atoms with Crippen molar-refractivity contribution in [2.75, 3.05) is 19.7 Å². The molecular weight excluding hydrogens is 320 g/mol. The van der Waals surface area contributed by atoms with Crippen LogP contribution >= 0.6 is 0 Å². The second-order valence-corrected chi connectivity index (χ2v) is 6.21. The van der Waals surface area contributed by atoms with Gasteiger partial charge in [0, 0.05) is 25.8 Å². The first-order chi connectivity index (χ1) is 12.1. The highest BCUT2D eigenvalue weighted by Gasteiger charge is 2.26. The fraction of sp³-hybridized carbons (Fsp3) is 0.389. The lowest BCUT2D eigenvalue weighted by atomic mass is 10.2. The largest absolute Gasteiger partial charge is 0.365 e. The topological polar surface area (TPSA) is 76.5 Å². The number of morpholine rings is 1. The first kappa shape index (κ1) is 17.2. The van der Waals surface area contributed by atoms with E-state index in [0.29, 0.717) is 19.6 Å². The lowest BCUT2D eigenvalue weighted by Crippen LogP contribution is -2.50. The minimum absolute atomic E-state index is 0.0292. The minimum Gasteiger partial charge on any atom is -0.365 e. The Morgan fingerprint density at radius 2 is 2.16 bits per heavy atom. The van der Waals surface area contributed by atoms with Crippen LogP contribution in [0.4, 0.5) is 0 Å². The molecule has 1 aliphatic heterocycles. The van der Waals surface area contributed by atoms with Gasteiger partial charge >= 0.3 is 0 Å². The van der Waals surface area contributed by atoms with Crippen LogP contribution in [0, 0.1) is 6.92 Å². The van der Waals surface area contributed by atoms with Crippen LogP contribution in [0.1, 0.15) is 11.1 Å². The summed E-state index contributed by atoms with van der Waals surface area (Å²) in [5, 5.41) is 6.94. The summed E-state index contributed by atoms with van der Waals surface area (Å²) in [6.45, 7) is 3.54. The van der Waals surface area contributed by atoms with Gasteiger partial charge in [-0.1, -0.05) is 30.3 Å². The van der Waals surface area contributed by atoms with Gasteiger partial charge in [-0.05, 0) is 18.1 Å². The quantitative estimate of drug-likeness (QED) is 0.840. The Balaban J connectivity index is 1.47. The Labute approximate surface area is 146 Å². The Bertz CT molecular complexity index is 729. The highest BCUT2D eigenvalue weighted by atomic mass is 16.5. The predicted molar refractivity (Wildman–Crippen MR) is 91.6 cm³/mol. The number of hydrogen-bond donors (Lipinski definition) is 1. The highest BCUT2D eigenvalue weighted by molar-refractivity contribution is 5.78. The predicted octanol–water partition coefficient (Wildman–Crippen LogP) is 0.735. The molecule has 0 spiro atoms. The molecule has 2 amide bonds. The maximum Gasteiger partial charge on any atom is 0.248 e. The summed E-state index contributed by atoms with van der Waals surface area (Å²) < 4.78 is 7.13. The molecule has 1 N–H and O–H groups in total. The summed E-state index contributed by atoms with van der Waals surface area (Å²) in [5.41, 5.74) is 2.09. The molecule has 3 rings (SSSR count). The van der Waals surface area contributed by atoms with Gasteiger partial charge in [0.05, 0.1) is 12.3 Å². The van der Waals surface area contributed by atoms with Crippen LogP contribution in [0.2, 0.25) is 0 Å². The molecular formula is C18H22N4O3. The summed E-state index contributed by atoms with van der Waals surface area (Å²) in [7, 11) is 0. The molecule has 0 saturated carbocycles. The first-order valence-electron chi connectivity index (χ1n) is 8.29. The van der Waals surface area contributed by atoms with Crippen LogP contribution in [0.5, 0.6) is 0 Å². The van der Waals surface area contributed by atoms with Crippen LogP contribution in [-0.2, 0) is 27.4 Å². The molecule has 132 valence electrons. The summed E-state index contributed by atoms with van der Waals surface area (Å²) in [6, 6.07) is 9.84. The van der Waals surface area contributed by atoms with Crippen LogP contribution < -0.4 is 5.32 Å². The molecule has 2 aromatic rings. The number of nitrogens with one attached hydrogen (secondary N) is 1. The van der Waals surface area contributed by atoms with Crippen LogP contribution in [0.3, 0.4) is 0 Å². The SMILES string of the molecule is Cc1cnn(CC(=O)NCC2CN(Cc3ccccc3)C(=O)CO2)c1. The van der Waals surface area contributed by atoms with E-state index in [4.69, 9.17) is 4.74 Å². The van der Waals surface area contributed by atoms with E-state index < -0.39 is 0 Å². The van der Waals surface area contributed by atoms with E-state index in [0.717, 1.165) is 11.1 Å². The van der Waals surface area contributed by atoms with Gasteiger partial charge in [-0.25, -0.2) is 0 Å². The molecule has 1 saturated heterocycles. The van der Waals surface area contributed by atoms with E-state index in [1.165, 1.54) is 0 Å². The number of rotatable bonds is 6. The fourth-order valence-corrected chi connectivity index (χ4v) is 2.74. The van der Waals surface area contributed by atoms with Crippen molar-refractivity contribution in [1.29, 1.82) is 0 Å². The second-order valence-electron chi connectivity index (χ2n) is 6.21. The van der Waals surface area contributed by atoms with Crippen molar-refractivity contribution in [2.45, 2.75) is 26.1 Å². The number of amides is 2. The lowest BCUT2D eigenvalue weighted by molar-refractivity contribution is -0.149. The van der Waals surface area contributed by atoms with Crippen molar-refractivity contribution in [1.82, 2.24) is 20.0 Å². The second kappa shape index (κ2) is 7.94. The van der Waals surface area contributed by atoms with Crippen molar-refractivity contribution in [3.8, 4) is 0 Å². The molecule has 1 aromatic heterocycles. The van der Waals surface area contributed by atoms with Crippen molar-refractivity contribution in [2.24, 2.45) is 0 Å². The molecule has 0 aliphatic carbocycles. The number of aryl methyl sites for hydroxylation is 1. The van der Waals surface area contributed by atoms with Crippen LogP contribution in [0.15, 0.2) is 42.7 Å². The molecule has 0 bridgehead atoms. The van der Waals surface area contributed by atoms with Crippen LogP contribution in [-0.4, -0.2) is 52.3 Å². The summed E-state index contributed by atoms with van der Waals surface area (Å²) in [5.74, 6) is -0.156. The molecule has 25 heavy (non-hydrogen) atoms. The Morgan fingerprint density at radius 3 is 2.88 bits per heavy atom. The maximum atomic E-state index is 12.0. The Hall–Kier alpha value is -2.67. The number of ether oxygens (including phenoxy) is 1. The average molecular weight is 342 g/mol. The molecule has 0 radical (unpaired) electrons. The van der Waals surface area contributed by atoms with Gasteiger partial charge in [-0.3, -0.25) is 14.3 Å². The fourth-order valence-electron chi connectivity index (χ4n) is 2.74. The van der Waals surface area contributed by atoms with E-state index in [1.54, 1.807) is 15.8 Å². The number of carbonyl (C=O) groups is 2. The summed E-state index contributed by atoms with van der Waals surface area (Å²) in [4.78, 5) is 25.8. The van der Waals surface area contributed by atoms with Crippen molar-refractivity contribution >= 4 is 11.8 Å². The van der Waals surface area contributed by atoms with Crippen molar-refractivity contribution < 1.29 is 14.3 Å². The molecule has 1 aromatic carbocycles. The molecule has 2 heterocycles. The van der Waals surface area contributed by atoms with E-state index >= 15 is 0 Å². The van der Waals surface area contributed by atoms with Crippen LogP contribution in [0.25, 0.3) is 0 Å². The molecule has 1 aliphatic rings. The molecule has 1 fully saturated rings. The van der Waals surface area contributed by atoms with Gasteiger partial charge in [0.15, 0.2) is 0 Å². The van der Waals surface area contributed by atoms with E-state index in [2.05, 4.69) is 10.4 Å². The van der Waals surface area contributed by atoms with Crippen molar-refractivity contribution in [3.63, 3.8) is 0 Å². The smallest absolute Gasteiger partial charge is 0.248 e. The highest BCUT2D eigenvalue weighted by Crippen LogP contribution is 2.11. The van der Waals surface area contributed by atoms with E-state index in [1.807, 2.05) is 43.5 Å². The normalized spacial score (nSPS) is 17.6. The molecule has 7 nitrogen and oxygen atoms in total. The monoisotopic (exact) mass is 342 g/mol. The number of hydrogen-bond acceptors (Lipinski definition) is 4. The summed E-state index contributed by atoms with van der Waals surface area (Å²) >= 11 is 0. The standard InChI is InChI=1S/C18H22N4O3/c1-14-7-20-22(9-14)12-17(23)19-8-16-11-21(18(24)13-25-16)10-15-5-3-2-4-6-15/h2-7,9,16H,8,10-13H2,1H3,(H,19,23). The summed E-state index contributed by atoms with van der Waals surface area (Å²) in [6.07, 6.45) is 3.33. The average Bonchev–Trinajstić information content (AvgIpc) is 3.01. The minimum atomic E-state index is -0.204. The van der Waals surface area contributed by atoms with E-state index in [-0.39, 0.29) is 31.1 Å². The van der Waals surface area contributed by atoms with Gasteiger partial charge in [0.1, 0.15) is 13.2 Å². The molecule has 1 unspecified atom stereocenters. The number of nitrogens with zero attached hydrogens (tertiary/aromatic N) is 3. The van der Waals surface area contributed by atoms with Gasteiger partial charge in [-0.15, -0.1) is 0 Å². The van der Waals surface area contributed by atoms with Gasteiger partial charge in [0.25, 0.3) is 0 Å². The number of benzene rings is 1. The number of aromatic nitrogens is 2. The van der Waals surface area contributed by atoms with E-state index in [9.17, 15) is 9.59 Å². The Morgan fingerprint density at radius 1 is 1.36 bits per heavy atom. The Kier molecular flexibility index (Phi) is 5.45. The lowest BCUT2D eigenvalue weighted by Gasteiger charge is -2.33. The first-order valence-corrected chi connectivity index (χ1v) is 8.29. The third kappa shape index (κ3) is 4.90. The maximum absolute atomic E-state index is 12.0. The third-order valence-corrected chi connectivity index (χ3v) is 4.03. The van der Waals surface area contributed by atoms with Gasteiger partial charge in [0.2, 0.25) is 11.8 Å². The van der Waals surface area contributed by atoms with Gasteiger partial charge in [-0.2, -0.15) is 5.10 Å². The van der Waals surface area contributed by atoms with Gasteiger partial charge < -0.3 is 15.0 Å². The third-order valence-electron chi connectivity index (χ3n) is 4.03. The molecule has 1 atom stereocenters. The zero-order valence-electron chi connectivity index (χ0n) is 14.2. The van der Waals surface area contributed by atoms with Crippen molar-refractivity contribution in [3.05, 3.63) is 53.9 Å².